The number of hydrogen-bond acceptors (Lipinski definition) is 1. The van der Waals surface area contributed by atoms with Crippen molar-refractivity contribution in [3.8, 4) is 0 Å². The molecule has 16 heavy (non-hydrogen) atoms. The van der Waals surface area contributed by atoms with Crippen LogP contribution in [-0.2, 0) is 6.42 Å². The molecule has 1 nitrogen and oxygen atoms in total. The van der Waals surface area contributed by atoms with Crippen LogP contribution in [0, 0.1) is 6.92 Å². The Hall–Kier alpha value is -1.08. The second kappa shape index (κ2) is 3.46. The van der Waals surface area contributed by atoms with Crippen LogP contribution in [0.5, 0.6) is 0 Å². The molecule has 0 bridgehead atoms. The van der Waals surface area contributed by atoms with Crippen LogP contribution in [0.4, 0.5) is 0 Å². The molecule has 0 aliphatic heterocycles. The first-order valence-electron chi connectivity index (χ1n) is 6.22. The molecule has 0 atom stereocenters. The van der Waals surface area contributed by atoms with E-state index < -0.39 is 5.60 Å². The van der Waals surface area contributed by atoms with Crippen LogP contribution in [-0.4, -0.2) is 10.7 Å². The lowest BCUT2D eigenvalue weighted by atomic mass is 9.70. The van der Waals surface area contributed by atoms with Crippen molar-refractivity contribution >= 4 is 5.57 Å². The van der Waals surface area contributed by atoms with E-state index in [-0.39, 0.29) is 0 Å². The van der Waals surface area contributed by atoms with Gasteiger partial charge in [-0.05, 0) is 55.7 Å². The Morgan fingerprint density at radius 2 is 2.06 bits per heavy atom. The first kappa shape index (κ1) is 10.1. The highest BCUT2D eigenvalue weighted by Gasteiger charge is 2.39. The van der Waals surface area contributed by atoms with E-state index in [0.717, 1.165) is 32.1 Å². The van der Waals surface area contributed by atoms with Crippen molar-refractivity contribution in [3.05, 3.63) is 41.0 Å². The maximum atomic E-state index is 10.5. The van der Waals surface area contributed by atoms with Crippen LogP contribution < -0.4 is 0 Å². The summed E-state index contributed by atoms with van der Waals surface area (Å²) < 4.78 is 0. The van der Waals surface area contributed by atoms with Crippen molar-refractivity contribution in [3.63, 3.8) is 0 Å². The summed E-state index contributed by atoms with van der Waals surface area (Å²) in [5, 5.41) is 10.5. The molecule has 84 valence electrons. The van der Waals surface area contributed by atoms with Crippen molar-refractivity contribution in [1.29, 1.82) is 0 Å². The lowest BCUT2D eigenvalue weighted by Crippen LogP contribution is -2.38. The molecule has 2 aliphatic carbocycles. The summed E-state index contributed by atoms with van der Waals surface area (Å²) in [6.07, 6.45) is 7.48. The highest BCUT2D eigenvalue weighted by Crippen LogP contribution is 2.45. The predicted molar refractivity (Wildman–Crippen MR) is 66.3 cm³/mol. The minimum Gasteiger partial charge on any atom is -0.385 e. The average Bonchev–Trinajstić information content (AvgIpc) is 2.24. The molecule has 1 N–H and O–H groups in total. The van der Waals surface area contributed by atoms with Gasteiger partial charge in [-0.25, -0.2) is 0 Å². The van der Waals surface area contributed by atoms with Gasteiger partial charge < -0.3 is 5.11 Å². The number of rotatable bonds is 1. The van der Waals surface area contributed by atoms with Crippen molar-refractivity contribution in [2.45, 2.75) is 44.6 Å². The van der Waals surface area contributed by atoms with Crippen LogP contribution in [0.3, 0.4) is 0 Å². The van der Waals surface area contributed by atoms with Gasteiger partial charge in [0, 0.05) is 0 Å². The molecule has 0 amide bonds. The highest BCUT2D eigenvalue weighted by atomic mass is 16.3. The standard InChI is InChI=1S/C15H18O/c1-11-6-7-13-12(10-11)4-2-5-14(13)15(16)8-3-9-15/h5-7,10,16H,2-4,8-9H2,1H3. The molecule has 1 fully saturated rings. The van der Waals surface area contributed by atoms with Gasteiger partial charge in [-0.2, -0.15) is 0 Å². The fraction of sp³-hybridized carbons (Fsp3) is 0.467. The van der Waals surface area contributed by atoms with Crippen molar-refractivity contribution in [2.24, 2.45) is 0 Å². The third-order valence-corrected chi connectivity index (χ3v) is 4.00. The van der Waals surface area contributed by atoms with Crippen LogP contribution >= 0.6 is 0 Å². The molecule has 1 aromatic rings. The average molecular weight is 214 g/mol. The maximum Gasteiger partial charge on any atom is 0.0899 e. The van der Waals surface area contributed by atoms with Crippen molar-refractivity contribution in [1.82, 2.24) is 0 Å². The molecule has 0 radical (unpaired) electrons. The quantitative estimate of drug-likeness (QED) is 0.761. The number of aliphatic hydroxyl groups is 1. The highest BCUT2D eigenvalue weighted by molar-refractivity contribution is 5.76. The van der Waals surface area contributed by atoms with Gasteiger partial charge in [0.15, 0.2) is 0 Å². The fourth-order valence-corrected chi connectivity index (χ4v) is 2.90. The molecule has 0 aromatic heterocycles. The summed E-state index contributed by atoms with van der Waals surface area (Å²) in [6, 6.07) is 6.61. The summed E-state index contributed by atoms with van der Waals surface area (Å²) in [5.74, 6) is 0. The molecule has 0 spiro atoms. The number of hydrogen-bond donors (Lipinski definition) is 1. The van der Waals surface area contributed by atoms with Crippen molar-refractivity contribution < 1.29 is 5.11 Å². The first-order chi connectivity index (χ1) is 7.69. The Kier molecular flexibility index (Phi) is 2.18. The maximum absolute atomic E-state index is 10.5. The fourth-order valence-electron chi connectivity index (χ4n) is 2.90. The molecule has 3 rings (SSSR count). The van der Waals surface area contributed by atoms with Crippen molar-refractivity contribution in [2.75, 3.05) is 0 Å². The zero-order chi connectivity index (χ0) is 11.2. The summed E-state index contributed by atoms with van der Waals surface area (Å²) in [7, 11) is 0. The minimum atomic E-state index is -0.509. The normalized spacial score (nSPS) is 22.0. The Morgan fingerprint density at radius 3 is 2.75 bits per heavy atom. The van der Waals surface area contributed by atoms with Gasteiger partial charge in [-0.1, -0.05) is 29.8 Å². The van der Waals surface area contributed by atoms with Gasteiger partial charge in [0.2, 0.25) is 0 Å². The lowest BCUT2D eigenvalue weighted by molar-refractivity contribution is 0.0240. The van der Waals surface area contributed by atoms with Gasteiger partial charge in [0.25, 0.3) is 0 Å². The Bertz CT molecular complexity index is 453. The molecule has 1 saturated carbocycles. The Balaban J connectivity index is 2.06. The van der Waals surface area contributed by atoms with E-state index in [4.69, 9.17) is 0 Å². The topological polar surface area (TPSA) is 20.2 Å². The zero-order valence-corrected chi connectivity index (χ0v) is 9.79. The summed E-state index contributed by atoms with van der Waals surface area (Å²) in [4.78, 5) is 0. The van der Waals surface area contributed by atoms with Gasteiger partial charge in [0.05, 0.1) is 5.60 Å². The molecular formula is C15H18O. The molecule has 1 aromatic carbocycles. The lowest BCUT2D eigenvalue weighted by Gasteiger charge is -2.41. The SMILES string of the molecule is Cc1ccc2c(c1)CCC=C2C1(O)CCC1. The molecule has 0 heterocycles. The van der Waals surface area contributed by atoms with Crippen LogP contribution in [0.2, 0.25) is 0 Å². The van der Waals surface area contributed by atoms with Crippen LogP contribution in [0.1, 0.15) is 42.4 Å². The van der Waals surface area contributed by atoms with E-state index in [2.05, 4.69) is 31.2 Å². The van der Waals surface area contributed by atoms with E-state index >= 15 is 0 Å². The molecule has 0 unspecified atom stereocenters. The van der Waals surface area contributed by atoms with E-state index in [9.17, 15) is 5.11 Å². The third-order valence-electron chi connectivity index (χ3n) is 4.00. The van der Waals surface area contributed by atoms with E-state index in [1.807, 2.05) is 0 Å². The summed E-state index contributed by atoms with van der Waals surface area (Å²) in [5.41, 5.74) is 4.71. The van der Waals surface area contributed by atoms with Gasteiger partial charge in [0.1, 0.15) is 0 Å². The zero-order valence-electron chi connectivity index (χ0n) is 9.79. The van der Waals surface area contributed by atoms with Crippen LogP contribution in [0.15, 0.2) is 24.3 Å². The number of benzene rings is 1. The second-order valence-corrected chi connectivity index (χ2v) is 5.20. The third kappa shape index (κ3) is 1.42. The van der Waals surface area contributed by atoms with E-state index in [0.29, 0.717) is 0 Å². The second-order valence-electron chi connectivity index (χ2n) is 5.20. The van der Waals surface area contributed by atoms with Gasteiger partial charge in [-0.3, -0.25) is 0 Å². The number of aryl methyl sites for hydroxylation is 2. The Morgan fingerprint density at radius 1 is 1.25 bits per heavy atom. The smallest absolute Gasteiger partial charge is 0.0899 e. The van der Waals surface area contributed by atoms with Crippen LogP contribution in [0.25, 0.3) is 5.57 Å². The monoisotopic (exact) mass is 214 g/mol. The van der Waals surface area contributed by atoms with Gasteiger partial charge >= 0.3 is 0 Å². The minimum absolute atomic E-state index is 0.509. The summed E-state index contributed by atoms with van der Waals surface area (Å²) in [6.45, 7) is 2.14. The van der Waals surface area contributed by atoms with E-state index in [1.54, 1.807) is 0 Å². The first-order valence-corrected chi connectivity index (χ1v) is 6.22. The number of allylic oxidation sites excluding steroid dienone is 1. The predicted octanol–water partition coefficient (Wildman–Crippen LogP) is 3.24. The molecule has 1 heteroatoms. The van der Waals surface area contributed by atoms with Gasteiger partial charge in [-0.15, -0.1) is 0 Å². The molecular weight excluding hydrogens is 196 g/mol. The van der Waals surface area contributed by atoms with E-state index in [1.165, 1.54) is 22.3 Å². The summed E-state index contributed by atoms with van der Waals surface area (Å²) >= 11 is 0. The molecule has 2 aliphatic rings. The largest absolute Gasteiger partial charge is 0.385 e. The number of fused-ring (bicyclic) bond motifs is 1. The Labute approximate surface area is 96.8 Å². The molecule has 0 saturated heterocycles.